The fourth-order valence-electron chi connectivity index (χ4n) is 2.98. The van der Waals surface area contributed by atoms with Gasteiger partial charge in [-0.05, 0) is 69.0 Å². The number of likely N-dealkylation sites (N-methyl/N-ethyl adjacent to an activating group) is 1. The Balaban J connectivity index is 2.19. The first kappa shape index (κ1) is 15.7. The summed E-state index contributed by atoms with van der Waals surface area (Å²) in [6.45, 7) is 6.44. The maximum atomic E-state index is 13.8. The summed E-state index contributed by atoms with van der Waals surface area (Å²) in [5.41, 5.74) is 6.09. The van der Waals surface area contributed by atoms with Crippen LogP contribution in [0.3, 0.4) is 0 Å². The largest absolute Gasteiger partial charge is 0.316 e. The topological polar surface area (TPSA) is 12.0 Å². The Kier molecular flexibility index (Phi) is 5.13. The van der Waals surface area contributed by atoms with Crippen LogP contribution in [0.5, 0.6) is 0 Å². The van der Waals surface area contributed by atoms with E-state index in [2.05, 4.69) is 38.2 Å². The fraction of sp³-hybridized carbons (Fsp3) is 0.368. The lowest BCUT2D eigenvalue weighted by molar-refractivity contribution is 0.530. The molecule has 1 unspecified atom stereocenters. The van der Waals surface area contributed by atoms with Crippen molar-refractivity contribution in [2.45, 2.75) is 39.7 Å². The van der Waals surface area contributed by atoms with E-state index in [9.17, 15) is 4.39 Å². The highest BCUT2D eigenvalue weighted by atomic mass is 19.1. The number of hydrogen-bond acceptors (Lipinski definition) is 1. The van der Waals surface area contributed by atoms with Crippen molar-refractivity contribution in [3.05, 3.63) is 70.0 Å². The molecule has 2 rings (SSSR count). The maximum absolute atomic E-state index is 13.8. The van der Waals surface area contributed by atoms with Crippen molar-refractivity contribution in [2.75, 3.05) is 7.05 Å². The van der Waals surface area contributed by atoms with Gasteiger partial charge in [-0.2, -0.15) is 0 Å². The molecule has 0 aliphatic heterocycles. The lowest BCUT2D eigenvalue weighted by Gasteiger charge is -2.20. The third-order valence-electron chi connectivity index (χ3n) is 4.12. The van der Waals surface area contributed by atoms with E-state index in [0.717, 1.165) is 12.0 Å². The first-order valence-electron chi connectivity index (χ1n) is 7.48. The van der Waals surface area contributed by atoms with Gasteiger partial charge in [-0.1, -0.05) is 35.9 Å². The first-order chi connectivity index (χ1) is 10.0. The van der Waals surface area contributed by atoms with Crippen molar-refractivity contribution < 1.29 is 4.39 Å². The molecule has 0 spiro atoms. The molecule has 0 fully saturated rings. The van der Waals surface area contributed by atoms with Crippen LogP contribution in [0, 0.1) is 26.6 Å². The first-order valence-corrected chi connectivity index (χ1v) is 7.48. The Morgan fingerprint density at radius 1 is 1.00 bits per heavy atom. The molecule has 0 aliphatic rings. The maximum Gasteiger partial charge on any atom is 0.126 e. The van der Waals surface area contributed by atoms with Gasteiger partial charge < -0.3 is 5.32 Å². The smallest absolute Gasteiger partial charge is 0.126 e. The average molecular weight is 285 g/mol. The Morgan fingerprint density at radius 2 is 1.62 bits per heavy atom. The van der Waals surface area contributed by atoms with E-state index in [1.54, 1.807) is 6.07 Å². The number of halogens is 1. The number of nitrogens with one attached hydrogen (secondary N) is 1. The van der Waals surface area contributed by atoms with Crippen LogP contribution in [0.25, 0.3) is 0 Å². The van der Waals surface area contributed by atoms with Crippen LogP contribution < -0.4 is 5.32 Å². The molecule has 0 aliphatic carbocycles. The highest BCUT2D eigenvalue weighted by Crippen LogP contribution is 2.20. The Labute approximate surface area is 127 Å². The number of rotatable bonds is 5. The average Bonchev–Trinajstić information content (AvgIpc) is 2.43. The summed E-state index contributed by atoms with van der Waals surface area (Å²) in [7, 11) is 1.95. The predicted molar refractivity (Wildman–Crippen MR) is 87.3 cm³/mol. The monoisotopic (exact) mass is 285 g/mol. The normalized spacial score (nSPS) is 12.4. The van der Waals surface area contributed by atoms with E-state index in [4.69, 9.17) is 0 Å². The summed E-state index contributed by atoms with van der Waals surface area (Å²) in [5, 5.41) is 3.33. The van der Waals surface area contributed by atoms with Crippen LogP contribution in [0.2, 0.25) is 0 Å². The van der Waals surface area contributed by atoms with Crippen LogP contribution in [0.15, 0.2) is 36.4 Å². The van der Waals surface area contributed by atoms with Crippen molar-refractivity contribution >= 4 is 0 Å². The van der Waals surface area contributed by atoms with E-state index < -0.39 is 0 Å². The van der Waals surface area contributed by atoms with Gasteiger partial charge in [0.1, 0.15) is 5.82 Å². The van der Waals surface area contributed by atoms with Gasteiger partial charge in [-0.15, -0.1) is 0 Å². The van der Waals surface area contributed by atoms with Crippen LogP contribution in [-0.4, -0.2) is 13.1 Å². The van der Waals surface area contributed by atoms with Crippen molar-refractivity contribution in [1.82, 2.24) is 5.32 Å². The standard InChI is InChI=1S/C19H24FN/c1-13-9-14(2)18(15(3)10-13)12-17(21-4)11-16-7-5-6-8-19(16)20/h5-10,17,21H,11-12H2,1-4H3. The van der Waals surface area contributed by atoms with Crippen LogP contribution in [-0.2, 0) is 12.8 Å². The van der Waals surface area contributed by atoms with Crippen molar-refractivity contribution in [2.24, 2.45) is 0 Å². The zero-order valence-electron chi connectivity index (χ0n) is 13.3. The fourth-order valence-corrected chi connectivity index (χ4v) is 2.98. The molecule has 2 aromatic rings. The van der Waals surface area contributed by atoms with Gasteiger partial charge in [0.15, 0.2) is 0 Å². The number of hydrogen-bond donors (Lipinski definition) is 1. The summed E-state index contributed by atoms with van der Waals surface area (Å²) < 4.78 is 13.8. The molecular weight excluding hydrogens is 261 g/mol. The zero-order chi connectivity index (χ0) is 15.4. The zero-order valence-corrected chi connectivity index (χ0v) is 13.3. The van der Waals surface area contributed by atoms with E-state index in [1.807, 2.05) is 19.2 Å². The third kappa shape index (κ3) is 3.92. The van der Waals surface area contributed by atoms with Crippen molar-refractivity contribution in [3.63, 3.8) is 0 Å². The minimum atomic E-state index is -0.116. The summed E-state index contributed by atoms with van der Waals surface area (Å²) in [6.07, 6.45) is 1.62. The quantitative estimate of drug-likeness (QED) is 0.871. The van der Waals surface area contributed by atoms with Crippen LogP contribution in [0.1, 0.15) is 27.8 Å². The molecule has 0 aromatic heterocycles. The highest BCUT2D eigenvalue weighted by molar-refractivity contribution is 5.38. The molecule has 1 atom stereocenters. The Hall–Kier alpha value is -1.67. The van der Waals surface area contributed by atoms with Crippen LogP contribution in [0.4, 0.5) is 4.39 Å². The van der Waals surface area contributed by atoms with E-state index in [1.165, 1.54) is 28.3 Å². The molecule has 112 valence electrons. The van der Waals surface area contributed by atoms with Gasteiger partial charge in [-0.3, -0.25) is 0 Å². The van der Waals surface area contributed by atoms with Crippen molar-refractivity contribution in [3.8, 4) is 0 Å². The molecule has 0 bridgehead atoms. The second kappa shape index (κ2) is 6.86. The second-order valence-corrected chi connectivity index (χ2v) is 5.86. The molecule has 0 heterocycles. The van der Waals surface area contributed by atoms with Gasteiger partial charge in [0.25, 0.3) is 0 Å². The lowest BCUT2D eigenvalue weighted by atomic mass is 9.92. The van der Waals surface area contributed by atoms with Gasteiger partial charge in [-0.25, -0.2) is 4.39 Å². The molecule has 1 N–H and O–H groups in total. The second-order valence-electron chi connectivity index (χ2n) is 5.86. The summed E-state index contributed by atoms with van der Waals surface area (Å²) in [5.74, 6) is -0.116. The van der Waals surface area contributed by atoms with E-state index >= 15 is 0 Å². The van der Waals surface area contributed by atoms with E-state index in [-0.39, 0.29) is 11.9 Å². The minimum Gasteiger partial charge on any atom is -0.316 e. The number of benzene rings is 2. The molecule has 0 saturated heterocycles. The molecule has 2 aromatic carbocycles. The molecule has 0 radical (unpaired) electrons. The Morgan fingerprint density at radius 3 is 2.19 bits per heavy atom. The van der Waals surface area contributed by atoms with Crippen molar-refractivity contribution in [1.29, 1.82) is 0 Å². The molecular formula is C19H24FN. The van der Waals surface area contributed by atoms with Gasteiger partial charge >= 0.3 is 0 Å². The van der Waals surface area contributed by atoms with E-state index in [0.29, 0.717) is 6.42 Å². The van der Waals surface area contributed by atoms with Gasteiger partial charge in [0.2, 0.25) is 0 Å². The Bertz CT molecular complexity index is 596. The molecule has 0 amide bonds. The molecule has 0 saturated carbocycles. The number of aryl methyl sites for hydroxylation is 3. The SMILES string of the molecule is CNC(Cc1ccccc1F)Cc1c(C)cc(C)cc1C. The molecule has 2 heteroatoms. The predicted octanol–water partition coefficient (Wildman–Crippen LogP) is 4.12. The molecule has 21 heavy (non-hydrogen) atoms. The van der Waals surface area contributed by atoms with Crippen LogP contribution >= 0.6 is 0 Å². The summed E-state index contributed by atoms with van der Waals surface area (Å²) >= 11 is 0. The highest BCUT2D eigenvalue weighted by Gasteiger charge is 2.14. The van der Waals surface area contributed by atoms with Gasteiger partial charge in [0.05, 0.1) is 0 Å². The third-order valence-corrected chi connectivity index (χ3v) is 4.12. The van der Waals surface area contributed by atoms with Gasteiger partial charge in [0, 0.05) is 6.04 Å². The molecule has 1 nitrogen and oxygen atoms in total. The summed E-state index contributed by atoms with van der Waals surface area (Å²) in [4.78, 5) is 0. The minimum absolute atomic E-state index is 0.116. The lowest BCUT2D eigenvalue weighted by Crippen LogP contribution is -2.30. The summed E-state index contributed by atoms with van der Waals surface area (Å²) in [6, 6.07) is 11.7.